The summed E-state index contributed by atoms with van der Waals surface area (Å²) in [6.07, 6.45) is 1.20. The maximum absolute atomic E-state index is 13.9. The molecule has 3 heterocycles. The molecule has 19 heavy (non-hydrogen) atoms. The Hall–Kier alpha value is -1.67. The average Bonchev–Trinajstić information content (AvgIpc) is 2.87. The van der Waals surface area contributed by atoms with E-state index in [2.05, 4.69) is 25.5 Å². The Morgan fingerprint density at radius 3 is 2.79 bits per heavy atom. The predicted octanol–water partition coefficient (Wildman–Crippen LogP) is 0.852. The molecule has 0 saturated carbocycles. The van der Waals surface area contributed by atoms with Gasteiger partial charge in [0.15, 0.2) is 22.5 Å². The summed E-state index contributed by atoms with van der Waals surface area (Å²) in [5, 5.41) is 12.6. The van der Waals surface area contributed by atoms with Crippen LogP contribution in [0.1, 0.15) is 5.01 Å². The minimum absolute atomic E-state index is 0.347. The number of anilines is 1. The van der Waals surface area contributed by atoms with Gasteiger partial charge in [0.05, 0.1) is 6.20 Å². The lowest BCUT2D eigenvalue weighted by Crippen LogP contribution is -2.44. The Labute approximate surface area is 113 Å². The fourth-order valence-corrected chi connectivity index (χ4v) is 2.58. The number of piperazine rings is 1. The number of rotatable bonds is 2. The third-order valence-electron chi connectivity index (χ3n) is 2.86. The van der Waals surface area contributed by atoms with Gasteiger partial charge >= 0.3 is 0 Å². The summed E-state index contributed by atoms with van der Waals surface area (Å²) in [4.78, 5) is 10.2. The number of aromatic nitrogens is 4. The van der Waals surface area contributed by atoms with Crippen LogP contribution in [0.4, 0.5) is 10.2 Å². The van der Waals surface area contributed by atoms with Crippen LogP contribution in [-0.4, -0.2) is 46.3 Å². The van der Waals surface area contributed by atoms with Crippen LogP contribution in [-0.2, 0) is 0 Å². The number of hydrogen-bond donors (Lipinski definition) is 1. The molecule has 100 valence electrons. The van der Waals surface area contributed by atoms with Gasteiger partial charge in [-0.2, -0.15) is 0 Å². The van der Waals surface area contributed by atoms with Gasteiger partial charge in [0.1, 0.15) is 5.01 Å². The average molecular weight is 280 g/mol. The van der Waals surface area contributed by atoms with E-state index in [4.69, 9.17) is 0 Å². The lowest BCUT2D eigenvalue weighted by Gasteiger charge is -2.28. The van der Waals surface area contributed by atoms with Gasteiger partial charge < -0.3 is 10.2 Å². The molecule has 0 spiro atoms. The quantitative estimate of drug-likeness (QED) is 0.880. The van der Waals surface area contributed by atoms with Crippen LogP contribution in [0.15, 0.2) is 6.20 Å². The maximum atomic E-state index is 13.9. The second-order valence-electron chi connectivity index (χ2n) is 4.23. The number of aryl methyl sites for hydroxylation is 1. The van der Waals surface area contributed by atoms with E-state index >= 15 is 0 Å². The van der Waals surface area contributed by atoms with Gasteiger partial charge in [-0.1, -0.05) is 11.3 Å². The summed E-state index contributed by atoms with van der Waals surface area (Å²) in [5.41, 5.74) is 0. The first-order valence-corrected chi connectivity index (χ1v) is 6.84. The number of halogens is 1. The van der Waals surface area contributed by atoms with Crippen molar-refractivity contribution in [3.05, 3.63) is 17.0 Å². The predicted molar refractivity (Wildman–Crippen MR) is 70.7 cm³/mol. The number of nitrogens with one attached hydrogen (secondary N) is 1. The van der Waals surface area contributed by atoms with Crippen LogP contribution < -0.4 is 10.2 Å². The van der Waals surface area contributed by atoms with E-state index in [1.807, 2.05) is 11.8 Å². The SMILES string of the molecule is Cc1nnc(-c2ncc(F)c(N3CCNCC3)n2)s1. The molecule has 2 aromatic rings. The summed E-state index contributed by atoms with van der Waals surface area (Å²) in [7, 11) is 0. The third-order valence-corrected chi connectivity index (χ3v) is 3.69. The van der Waals surface area contributed by atoms with Crippen LogP contribution in [0.2, 0.25) is 0 Å². The van der Waals surface area contributed by atoms with E-state index < -0.39 is 5.82 Å². The molecular formula is C11H13FN6S. The first-order valence-electron chi connectivity index (χ1n) is 6.03. The molecule has 2 aromatic heterocycles. The molecule has 6 nitrogen and oxygen atoms in total. The second-order valence-corrected chi connectivity index (χ2v) is 5.41. The van der Waals surface area contributed by atoms with Gasteiger partial charge in [-0.15, -0.1) is 10.2 Å². The molecule has 1 aliphatic heterocycles. The van der Waals surface area contributed by atoms with Crippen LogP contribution in [0.5, 0.6) is 0 Å². The molecule has 3 rings (SSSR count). The molecule has 8 heteroatoms. The lowest BCUT2D eigenvalue weighted by molar-refractivity contribution is 0.556. The molecular weight excluding hydrogens is 267 g/mol. The van der Waals surface area contributed by atoms with Gasteiger partial charge in [-0.05, 0) is 6.92 Å². The van der Waals surface area contributed by atoms with E-state index in [1.165, 1.54) is 17.5 Å². The fraction of sp³-hybridized carbons (Fsp3) is 0.455. The Morgan fingerprint density at radius 1 is 1.32 bits per heavy atom. The Kier molecular flexibility index (Phi) is 3.34. The molecule has 0 unspecified atom stereocenters. The van der Waals surface area contributed by atoms with Crippen molar-refractivity contribution in [1.82, 2.24) is 25.5 Å². The minimum atomic E-state index is -0.396. The zero-order chi connectivity index (χ0) is 13.2. The van der Waals surface area contributed by atoms with Crippen molar-refractivity contribution >= 4 is 17.2 Å². The molecule has 0 aliphatic carbocycles. The van der Waals surface area contributed by atoms with Gasteiger partial charge in [0.2, 0.25) is 0 Å². The highest BCUT2D eigenvalue weighted by molar-refractivity contribution is 7.14. The van der Waals surface area contributed by atoms with Crippen molar-refractivity contribution in [2.24, 2.45) is 0 Å². The van der Waals surface area contributed by atoms with Gasteiger partial charge in [0, 0.05) is 26.2 Å². The van der Waals surface area contributed by atoms with E-state index in [1.54, 1.807) is 0 Å². The van der Waals surface area contributed by atoms with Crippen LogP contribution in [0.3, 0.4) is 0 Å². The van der Waals surface area contributed by atoms with Crippen LogP contribution in [0.25, 0.3) is 10.8 Å². The Morgan fingerprint density at radius 2 is 2.11 bits per heavy atom. The zero-order valence-electron chi connectivity index (χ0n) is 10.4. The van der Waals surface area contributed by atoms with Crippen LogP contribution in [0, 0.1) is 12.7 Å². The van der Waals surface area contributed by atoms with Crippen molar-refractivity contribution in [2.45, 2.75) is 6.92 Å². The lowest BCUT2D eigenvalue weighted by atomic mass is 10.3. The molecule has 0 radical (unpaired) electrons. The van der Waals surface area contributed by atoms with E-state index in [9.17, 15) is 4.39 Å². The first kappa shape index (κ1) is 12.4. The van der Waals surface area contributed by atoms with Crippen molar-refractivity contribution in [2.75, 3.05) is 31.1 Å². The fourth-order valence-electron chi connectivity index (χ4n) is 1.95. The summed E-state index contributed by atoms with van der Waals surface area (Å²) < 4.78 is 13.9. The van der Waals surface area contributed by atoms with E-state index in [0.29, 0.717) is 16.6 Å². The van der Waals surface area contributed by atoms with Gasteiger partial charge in [-0.25, -0.2) is 14.4 Å². The monoisotopic (exact) mass is 280 g/mol. The first-order chi connectivity index (χ1) is 9.24. The topological polar surface area (TPSA) is 66.8 Å². The molecule has 1 saturated heterocycles. The maximum Gasteiger partial charge on any atom is 0.192 e. The largest absolute Gasteiger partial charge is 0.352 e. The van der Waals surface area contributed by atoms with Gasteiger partial charge in [0.25, 0.3) is 0 Å². The summed E-state index contributed by atoms with van der Waals surface area (Å²) >= 11 is 1.40. The zero-order valence-corrected chi connectivity index (χ0v) is 11.2. The highest BCUT2D eigenvalue weighted by Crippen LogP contribution is 2.23. The van der Waals surface area contributed by atoms with Crippen molar-refractivity contribution in [3.8, 4) is 10.8 Å². The van der Waals surface area contributed by atoms with E-state index in [-0.39, 0.29) is 0 Å². The number of hydrogen-bond acceptors (Lipinski definition) is 7. The summed E-state index contributed by atoms with van der Waals surface area (Å²) in [6.45, 7) is 5.00. The summed E-state index contributed by atoms with van der Waals surface area (Å²) in [6, 6.07) is 0. The highest BCUT2D eigenvalue weighted by Gasteiger charge is 2.18. The van der Waals surface area contributed by atoms with Crippen molar-refractivity contribution in [3.63, 3.8) is 0 Å². The molecule has 0 bridgehead atoms. The summed E-state index contributed by atoms with van der Waals surface area (Å²) in [5.74, 6) is 0.381. The minimum Gasteiger partial charge on any atom is -0.352 e. The van der Waals surface area contributed by atoms with Crippen LogP contribution >= 0.6 is 11.3 Å². The van der Waals surface area contributed by atoms with E-state index in [0.717, 1.165) is 31.2 Å². The highest BCUT2D eigenvalue weighted by atomic mass is 32.1. The van der Waals surface area contributed by atoms with Gasteiger partial charge in [-0.3, -0.25) is 0 Å². The Bertz CT molecular complexity index is 580. The molecule has 0 amide bonds. The molecule has 1 aliphatic rings. The smallest absolute Gasteiger partial charge is 0.192 e. The molecule has 0 atom stereocenters. The van der Waals surface area contributed by atoms with Crippen molar-refractivity contribution in [1.29, 1.82) is 0 Å². The third kappa shape index (κ3) is 2.54. The molecule has 1 N–H and O–H groups in total. The Balaban J connectivity index is 1.95. The second kappa shape index (κ2) is 5.14. The standard InChI is InChI=1S/C11H13FN6S/c1-7-16-17-11(19-7)9-14-6-8(12)10(15-9)18-4-2-13-3-5-18/h6,13H,2-5H2,1H3. The van der Waals surface area contributed by atoms with Crippen molar-refractivity contribution < 1.29 is 4.39 Å². The number of nitrogens with zero attached hydrogens (tertiary/aromatic N) is 5. The molecule has 1 fully saturated rings. The normalized spacial score (nSPS) is 15.8. The molecule has 0 aromatic carbocycles.